The zero-order valence-corrected chi connectivity index (χ0v) is 13.2. The first kappa shape index (κ1) is 16.6. The van der Waals surface area contributed by atoms with Gasteiger partial charge in [0.1, 0.15) is 0 Å². The molecule has 0 aromatic heterocycles. The van der Waals surface area contributed by atoms with Crippen molar-refractivity contribution in [3.63, 3.8) is 0 Å². The molecule has 1 aromatic rings. The summed E-state index contributed by atoms with van der Waals surface area (Å²) in [5, 5.41) is 2.62. The molecular formula is C15H21NO3S. The average molecular weight is 295 g/mol. The van der Waals surface area contributed by atoms with E-state index in [0.717, 1.165) is 10.5 Å². The first-order valence-electron chi connectivity index (χ1n) is 6.61. The molecule has 0 aliphatic carbocycles. The summed E-state index contributed by atoms with van der Waals surface area (Å²) >= 11 is 1.42. The van der Waals surface area contributed by atoms with Gasteiger partial charge in [0.05, 0.1) is 5.75 Å². The molecule has 1 rings (SSSR count). The van der Waals surface area contributed by atoms with E-state index < -0.39 is 6.10 Å². The molecular weight excluding hydrogens is 274 g/mol. The van der Waals surface area contributed by atoms with Crippen LogP contribution in [0.4, 0.5) is 0 Å². The minimum atomic E-state index is -0.748. The Morgan fingerprint density at radius 2 is 2.05 bits per heavy atom. The molecule has 0 fully saturated rings. The molecule has 0 aliphatic heterocycles. The zero-order chi connectivity index (χ0) is 15.1. The SMILES string of the molecule is CCNC(=O)[C@@H](C)OC(=O)CSc1ccc(C)cc1C. The molecule has 0 heterocycles. The molecule has 0 unspecified atom stereocenters. The Hall–Kier alpha value is -1.49. The summed E-state index contributed by atoms with van der Waals surface area (Å²) in [5.74, 6) is -0.445. The van der Waals surface area contributed by atoms with Crippen LogP contribution in [0.1, 0.15) is 25.0 Å². The van der Waals surface area contributed by atoms with Gasteiger partial charge in [-0.05, 0) is 39.3 Å². The van der Waals surface area contributed by atoms with E-state index in [9.17, 15) is 9.59 Å². The van der Waals surface area contributed by atoms with Crippen molar-refractivity contribution < 1.29 is 14.3 Å². The second kappa shape index (κ2) is 7.94. The second-order valence-corrected chi connectivity index (χ2v) is 5.60. The first-order chi connectivity index (χ1) is 9.43. The monoisotopic (exact) mass is 295 g/mol. The molecule has 0 radical (unpaired) electrons. The van der Waals surface area contributed by atoms with Gasteiger partial charge in [-0.25, -0.2) is 0 Å². The molecule has 1 aromatic carbocycles. The minimum Gasteiger partial charge on any atom is -0.452 e. The van der Waals surface area contributed by atoms with Crippen LogP contribution in [0, 0.1) is 13.8 Å². The number of carbonyl (C=O) groups is 2. The number of hydrogen-bond donors (Lipinski definition) is 1. The van der Waals surface area contributed by atoms with Gasteiger partial charge < -0.3 is 10.1 Å². The van der Waals surface area contributed by atoms with Crippen LogP contribution >= 0.6 is 11.8 Å². The van der Waals surface area contributed by atoms with Gasteiger partial charge in [-0.3, -0.25) is 9.59 Å². The number of rotatable bonds is 6. The molecule has 0 aliphatic rings. The topological polar surface area (TPSA) is 55.4 Å². The van der Waals surface area contributed by atoms with Gasteiger partial charge in [-0.2, -0.15) is 0 Å². The Labute approximate surface area is 124 Å². The molecule has 5 heteroatoms. The highest BCUT2D eigenvalue weighted by atomic mass is 32.2. The largest absolute Gasteiger partial charge is 0.452 e. The maximum atomic E-state index is 11.7. The number of likely N-dealkylation sites (N-methyl/N-ethyl adjacent to an activating group) is 1. The van der Waals surface area contributed by atoms with Crippen molar-refractivity contribution in [1.29, 1.82) is 0 Å². The third kappa shape index (κ3) is 5.25. The number of ether oxygens (including phenoxy) is 1. The number of hydrogen-bond acceptors (Lipinski definition) is 4. The Bertz CT molecular complexity index is 488. The summed E-state index contributed by atoms with van der Waals surface area (Å²) in [6.45, 7) is 7.97. The lowest BCUT2D eigenvalue weighted by Crippen LogP contribution is -2.35. The van der Waals surface area contributed by atoms with Gasteiger partial charge in [0.15, 0.2) is 6.10 Å². The maximum absolute atomic E-state index is 11.7. The summed E-state index contributed by atoms with van der Waals surface area (Å²) in [5.41, 5.74) is 2.33. The van der Waals surface area contributed by atoms with Crippen LogP contribution in [0.15, 0.2) is 23.1 Å². The van der Waals surface area contributed by atoms with Crippen molar-refractivity contribution >= 4 is 23.6 Å². The Balaban J connectivity index is 2.45. The van der Waals surface area contributed by atoms with Crippen LogP contribution in [0.3, 0.4) is 0 Å². The molecule has 1 amide bonds. The summed E-state index contributed by atoms with van der Waals surface area (Å²) < 4.78 is 5.08. The van der Waals surface area contributed by atoms with E-state index in [1.54, 1.807) is 6.92 Å². The normalized spacial score (nSPS) is 11.8. The number of thioether (sulfide) groups is 1. The molecule has 0 saturated carbocycles. The van der Waals surface area contributed by atoms with Crippen LogP contribution in [0.25, 0.3) is 0 Å². The number of amides is 1. The van der Waals surface area contributed by atoms with E-state index in [1.165, 1.54) is 17.3 Å². The van der Waals surface area contributed by atoms with E-state index in [-0.39, 0.29) is 17.6 Å². The fourth-order valence-corrected chi connectivity index (χ4v) is 2.49. The van der Waals surface area contributed by atoms with Gasteiger partial charge in [0, 0.05) is 11.4 Å². The van der Waals surface area contributed by atoms with E-state index in [0.29, 0.717) is 6.54 Å². The number of esters is 1. The van der Waals surface area contributed by atoms with E-state index in [2.05, 4.69) is 11.4 Å². The Morgan fingerprint density at radius 3 is 2.65 bits per heavy atom. The minimum absolute atomic E-state index is 0.202. The van der Waals surface area contributed by atoms with Gasteiger partial charge >= 0.3 is 5.97 Å². The predicted octanol–water partition coefficient (Wildman–Crippen LogP) is 2.46. The number of benzene rings is 1. The van der Waals surface area contributed by atoms with E-state index in [4.69, 9.17) is 4.74 Å². The van der Waals surface area contributed by atoms with Crippen molar-refractivity contribution in [3.05, 3.63) is 29.3 Å². The molecule has 0 saturated heterocycles. The predicted molar refractivity (Wildman–Crippen MR) is 80.9 cm³/mol. The highest BCUT2D eigenvalue weighted by molar-refractivity contribution is 8.00. The third-order valence-corrected chi connectivity index (χ3v) is 3.85. The molecule has 0 spiro atoms. The summed E-state index contributed by atoms with van der Waals surface area (Å²) in [4.78, 5) is 24.2. The van der Waals surface area contributed by atoms with Crippen LogP contribution in [0.5, 0.6) is 0 Å². The average Bonchev–Trinajstić information content (AvgIpc) is 2.37. The summed E-state index contributed by atoms with van der Waals surface area (Å²) in [6.07, 6.45) is -0.748. The first-order valence-corrected chi connectivity index (χ1v) is 7.59. The lowest BCUT2D eigenvalue weighted by Gasteiger charge is -2.12. The van der Waals surface area contributed by atoms with Crippen LogP contribution in [0.2, 0.25) is 0 Å². The Morgan fingerprint density at radius 1 is 1.35 bits per heavy atom. The summed E-state index contributed by atoms with van der Waals surface area (Å²) in [6, 6.07) is 6.08. The standard InChI is InChI=1S/C15H21NO3S/c1-5-16-15(18)12(4)19-14(17)9-20-13-7-6-10(2)8-11(13)3/h6-8,12H,5,9H2,1-4H3,(H,16,18)/t12-/m1/s1. The lowest BCUT2D eigenvalue weighted by molar-refractivity contribution is -0.152. The van der Waals surface area contributed by atoms with Gasteiger partial charge in [0.2, 0.25) is 0 Å². The molecule has 20 heavy (non-hydrogen) atoms. The van der Waals surface area contributed by atoms with Crippen LogP contribution in [-0.4, -0.2) is 30.3 Å². The van der Waals surface area contributed by atoms with Crippen molar-refractivity contribution in [2.45, 2.75) is 38.7 Å². The van der Waals surface area contributed by atoms with Gasteiger partial charge in [-0.1, -0.05) is 17.7 Å². The molecule has 110 valence electrons. The fraction of sp³-hybridized carbons (Fsp3) is 0.467. The van der Waals surface area contributed by atoms with Crippen molar-refractivity contribution in [3.8, 4) is 0 Å². The highest BCUT2D eigenvalue weighted by Crippen LogP contribution is 2.23. The highest BCUT2D eigenvalue weighted by Gasteiger charge is 2.17. The summed E-state index contributed by atoms with van der Waals surface area (Å²) in [7, 11) is 0. The van der Waals surface area contributed by atoms with Gasteiger partial charge in [-0.15, -0.1) is 11.8 Å². The maximum Gasteiger partial charge on any atom is 0.317 e. The van der Waals surface area contributed by atoms with Crippen molar-refractivity contribution in [2.75, 3.05) is 12.3 Å². The number of carbonyl (C=O) groups excluding carboxylic acids is 2. The number of aryl methyl sites for hydroxylation is 2. The number of nitrogens with one attached hydrogen (secondary N) is 1. The Kier molecular flexibility index (Phi) is 6.58. The van der Waals surface area contributed by atoms with E-state index in [1.807, 2.05) is 32.9 Å². The molecule has 1 atom stereocenters. The second-order valence-electron chi connectivity index (χ2n) is 4.58. The molecule has 1 N–H and O–H groups in total. The van der Waals surface area contributed by atoms with Crippen LogP contribution in [-0.2, 0) is 14.3 Å². The third-order valence-electron chi connectivity index (χ3n) is 2.70. The molecule has 0 bridgehead atoms. The quantitative estimate of drug-likeness (QED) is 0.647. The smallest absolute Gasteiger partial charge is 0.317 e. The fourth-order valence-electron chi connectivity index (χ4n) is 1.70. The van der Waals surface area contributed by atoms with E-state index >= 15 is 0 Å². The van der Waals surface area contributed by atoms with Gasteiger partial charge in [0.25, 0.3) is 5.91 Å². The lowest BCUT2D eigenvalue weighted by atomic mass is 10.2. The van der Waals surface area contributed by atoms with Crippen molar-refractivity contribution in [2.24, 2.45) is 0 Å². The zero-order valence-electron chi connectivity index (χ0n) is 12.4. The van der Waals surface area contributed by atoms with Crippen LogP contribution < -0.4 is 5.32 Å². The molecule has 4 nitrogen and oxygen atoms in total. The van der Waals surface area contributed by atoms with Crippen molar-refractivity contribution in [1.82, 2.24) is 5.32 Å².